The molecule has 1 N–H and O–H groups in total. The molecule has 2 aromatic heterocycles. The highest BCUT2D eigenvalue weighted by molar-refractivity contribution is 5.52. The van der Waals surface area contributed by atoms with Crippen molar-refractivity contribution >= 4 is 5.82 Å². The Morgan fingerprint density at radius 2 is 1.88 bits per heavy atom. The van der Waals surface area contributed by atoms with E-state index in [9.17, 15) is 0 Å². The number of benzene rings is 1. The average Bonchev–Trinajstić information content (AvgIpc) is 3.06. The smallest absolute Gasteiger partial charge is 0.135 e. The van der Waals surface area contributed by atoms with E-state index in [1.54, 1.807) is 6.33 Å². The molecule has 0 saturated heterocycles. The van der Waals surface area contributed by atoms with Crippen LogP contribution in [0, 0.1) is 20.8 Å². The van der Waals surface area contributed by atoms with Crippen molar-refractivity contribution in [2.24, 2.45) is 0 Å². The maximum Gasteiger partial charge on any atom is 0.135 e. The molecule has 0 amide bonds. The third-order valence-electron chi connectivity index (χ3n) is 4.81. The first-order valence-electron chi connectivity index (χ1n) is 8.27. The lowest BCUT2D eigenvalue weighted by Crippen LogP contribution is -2.35. The lowest BCUT2D eigenvalue weighted by atomic mass is 9.91. The molecule has 5 heteroatoms. The molecule has 3 aromatic rings. The zero-order valence-electron chi connectivity index (χ0n) is 14.2. The normalized spacial score (nSPS) is 17.0. The number of rotatable bonds is 2. The summed E-state index contributed by atoms with van der Waals surface area (Å²) in [6, 6.07) is 10.6. The van der Waals surface area contributed by atoms with E-state index in [1.165, 1.54) is 11.3 Å². The highest BCUT2D eigenvalue weighted by Gasteiger charge is 2.30. The molecular formula is C19H21N5. The van der Waals surface area contributed by atoms with Gasteiger partial charge in [-0.1, -0.05) is 30.3 Å². The van der Waals surface area contributed by atoms with E-state index >= 15 is 0 Å². The van der Waals surface area contributed by atoms with Gasteiger partial charge >= 0.3 is 0 Å². The van der Waals surface area contributed by atoms with Crippen molar-refractivity contribution in [2.75, 3.05) is 11.4 Å². The summed E-state index contributed by atoms with van der Waals surface area (Å²) < 4.78 is 0. The predicted molar refractivity (Wildman–Crippen MR) is 94.2 cm³/mol. The van der Waals surface area contributed by atoms with Crippen LogP contribution in [0.15, 0.2) is 36.7 Å². The van der Waals surface area contributed by atoms with Crippen LogP contribution in [0.5, 0.6) is 0 Å². The van der Waals surface area contributed by atoms with E-state index in [1.807, 2.05) is 13.8 Å². The molecule has 3 heterocycles. The zero-order chi connectivity index (χ0) is 16.7. The van der Waals surface area contributed by atoms with Crippen molar-refractivity contribution in [1.29, 1.82) is 0 Å². The molecule has 0 fully saturated rings. The van der Waals surface area contributed by atoms with Gasteiger partial charge in [-0.2, -0.15) is 0 Å². The molecule has 1 aliphatic rings. The lowest BCUT2D eigenvalue weighted by Gasteiger charge is -2.34. The minimum absolute atomic E-state index is 0.246. The van der Waals surface area contributed by atoms with Gasteiger partial charge in [-0.3, -0.25) is 0 Å². The number of nitrogens with one attached hydrogen (secondary N) is 1. The van der Waals surface area contributed by atoms with Crippen LogP contribution in [0.3, 0.4) is 0 Å². The highest BCUT2D eigenvalue weighted by Crippen LogP contribution is 2.34. The predicted octanol–water partition coefficient (Wildman–Crippen LogP) is 3.28. The van der Waals surface area contributed by atoms with Crippen LogP contribution in [-0.2, 0) is 6.54 Å². The maximum absolute atomic E-state index is 4.72. The Balaban J connectivity index is 1.78. The Morgan fingerprint density at radius 1 is 1.08 bits per heavy atom. The number of aromatic amines is 1. The number of nitrogens with zero attached hydrogens (tertiary/aromatic N) is 4. The van der Waals surface area contributed by atoms with Gasteiger partial charge in [-0.25, -0.2) is 15.0 Å². The Hall–Kier alpha value is -2.69. The largest absolute Gasteiger partial charge is 0.349 e. The van der Waals surface area contributed by atoms with Crippen molar-refractivity contribution in [1.82, 2.24) is 19.9 Å². The molecule has 122 valence electrons. The standard InChI is InChI=1S/C19H21N5/c1-12-13(2)22-14(3)23-19(12)24-9-16(15-7-5-4-6-8-15)18-17(10-24)20-11-21-18/h4-8,11,16H,9-10H2,1-3H3,(H,20,21). The first kappa shape index (κ1) is 14.9. The minimum Gasteiger partial charge on any atom is -0.349 e. The van der Waals surface area contributed by atoms with Crippen LogP contribution in [0.1, 0.15) is 40.0 Å². The van der Waals surface area contributed by atoms with Crippen molar-refractivity contribution in [3.8, 4) is 0 Å². The number of H-pyrrole nitrogens is 1. The summed E-state index contributed by atoms with van der Waals surface area (Å²) in [6.07, 6.45) is 1.80. The maximum atomic E-state index is 4.72. The SMILES string of the molecule is Cc1nc(C)c(C)c(N2Cc3[nH]cnc3C(c3ccccc3)C2)n1. The molecule has 0 radical (unpaired) electrons. The third kappa shape index (κ3) is 2.46. The summed E-state index contributed by atoms with van der Waals surface area (Å²) in [5.41, 5.74) is 5.80. The van der Waals surface area contributed by atoms with Gasteiger partial charge in [-0.15, -0.1) is 0 Å². The fourth-order valence-corrected chi connectivity index (χ4v) is 3.49. The molecule has 1 atom stereocenters. The van der Waals surface area contributed by atoms with Gasteiger partial charge in [0.25, 0.3) is 0 Å². The number of aromatic nitrogens is 4. The Labute approximate surface area is 141 Å². The minimum atomic E-state index is 0.246. The molecule has 1 unspecified atom stereocenters. The highest BCUT2D eigenvalue weighted by atomic mass is 15.2. The summed E-state index contributed by atoms with van der Waals surface area (Å²) in [4.78, 5) is 19.4. The van der Waals surface area contributed by atoms with E-state index in [4.69, 9.17) is 4.98 Å². The fourth-order valence-electron chi connectivity index (χ4n) is 3.49. The first-order valence-corrected chi connectivity index (χ1v) is 8.27. The zero-order valence-corrected chi connectivity index (χ0v) is 14.2. The molecule has 0 aliphatic carbocycles. The van der Waals surface area contributed by atoms with E-state index < -0.39 is 0 Å². The first-order chi connectivity index (χ1) is 11.6. The van der Waals surface area contributed by atoms with Gasteiger partial charge in [0.1, 0.15) is 11.6 Å². The molecule has 24 heavy (non-hydrogen) atoms. The second-order valence-corrected chi connectivity index (χ2v) is 6.41. The molecule has 0 bridgehead atoms. The van der Waals surface area contributed by atoms with Crippen LogP contribution < -0.4 is 4.90 Å². The van der Waals surface area contributed by atoms with Gasteiger partial charge in [0.05, 0.1) is 24.3 Å². The van der Waals surface area contributed by atoms with Crippen molar-refractivity contribution < 1.29 is 0 Å². The number of fused-ring (bicyclic) bond motifs is 1. The molecular weight excluding hydrogens is 298 g/mol. The van der Waals surface area contributed by atoms with Crippen LogP contribution in [0.2, 0.25) is 0 Å². The molecule has 1 aromatic carbocycles. The van der Waals surface area contributed by atoms with E-state index in [0.29, 0.717) is 0 Å². The molecule has 4 rings (SSSR count). The van der Waals surface area contributed by atoms with Gasteiger partial charge in [-0.05, 0) is 26.3 Å². The second-order valence-electron chi connectivity index (χ2n) is 6.41. The quantitative estimate of drug-likeness (QED) is 0.787. The number of hydrogen-bond donors (Lipinski definition) is 1. The molecule has 1 aliphatic heterocycles. The monoisotopic (exact) mass is 319 g/mol. The number of imidazole rings is 1. The van der Waals surface area contributed by atoms with Crippen LogP contribution in [0.25, 0.3) is 0 Å². The van der Waals surface area contributed by atoms with Gasteiger partial charge in [0, 0.05) is 23.7 Å². The summed E-state index contributed by atoms with van der Waals surface area (Å²) in [7, 11) is 0. The Kier molecular flexibility index (Phi) is 3.56. The summed E-state index contributed by atoms with van der Waals surface area (Å²) >= 11 is 0. The number of aryl methyl sites for hydroxylation is 2. The average molecular weight is 319 g/mol. The van der Waals surface area contributed by atoms with Crippen LogP contribution in [0.4, 0.5) is 5.82 Å². The summed E-state index contributed by atoms with van der Waals surface area (Å²) in [6.45, 7) is 7.78. The lowest BCUT2D eigenvalue weighted by molar-refractivity contribution is 0.635. The van der Waals surface area contributed by atoms with E-state index in [2.05, 4.69) is 57.1 Å². The topological polar surface area (TPSA) is 57.7 Å². The van der Waals surface area contributed by atoms with Crippen LogP contribution in [-0.4, -0.2) is 26.5 Å². The molecule has 0 saturated carbocycles. The van der Waals surface area contributed by atoms with E-state index in [-0.39, 0.29) is 5.92 Å². The number of anilines is 1. The van der Waals surface area contributed by atoms with Crippen molar-refractivity contribution in [3.63, 3.8) is 0 Å². The Morgan fingerprint density at radius 3 is 2.67 bits per heavy atom. The second kappa shape index (κ2) is 5.74. The summed E-state index contributed by atoms with van der Waals surface area (Å²) in [5.74, 6) is 2.09. The molecule has 0 spiro atoms. The fraction of sp³-hybridized carbons (Fsp3) is 0.316. The summed E-state index contributed by atoms with van der Waals surface area (Å²) in [5, 5.41) is 0. The number of hydrogen-bond acceptors (Lipinski definition) is 4. The van der Waals surface area contributed by atoms with Gasteiger partial charge < -0.3 is 9.88 Å². The van der Waals surface area contributed by atoms with Gasteiger partial charge in [0.15, 0.2) is 0 Å². The van der Waals surface area contributed by atoms with Crippen molar-refractivity contribution in [2.45, 2.75) is 33.2 Å². The molecule has 5 nitrogen and oxygen atoms in total. The van der Waals surface area contributed by atoms with Gasteiger partial charge in [0.2, 0.25) is 0 Å². The van der Waals surface area contributed by atoms with Crippen molar-refractivity contribution in [3.05, 3.63) is 70.7 Å². The van der Waals surface area contributed by atoms with E-state index in [0.717, 1.165) is 41.7 Å². The third-order valence-corrected chi connectivity index (χ3v) is 4.81. The Bertz CT molecular complexity index is 869. The van der Waals surface area contributed by atoms with Crippen LogP contribution >= 0.6 is 0 Å².